The highest BCUT2D eigenvalue weighted by molar-refractivity contribution is 5.53. The van der Waals surface area contributed by atoms with Crippen molar-refractivity contribution >= 4 is 6.16 Å². The van der Waals surface area contributed by atoms with Crippen LogP contribution in [0.4, 0.5) is 4.79 Å². The van der Waals surface area contributed by atoms with E-state index in [1.165, 1.54) is 0 Å². The molecule has 0 fully saturated rings. The molecular formula is CH42O23. The quantitative estimate of drug-likeness (QED) is 0.384. The van der Waals surface area contributed by atoms with E-state index in [-0.39, 0.29) is 110 Å². The molecule has 0 spiro atoms. The minimum absolute atomic E-state index is 0. The third-order valence-electron chi connectivity index (χ3n) is 0. The van der Waals surface area contributed by atoms with E-state index in [1.807, 2.05) is 0 Å². The second-order valence-electron chi connectivity index (χ2n) is 0.283. The summed E-state index contributed by atoms with van der Waals surface area (Å²) in [6.07, 6.45) is -1.83. The predicted molar refractivity (Wildman–Crippen MR) is 82.9 cm³/mol. The van der Waals surface area contributed by atoms with Gasteiger partial charge in [0.15, 0.2) is 0 Å². The summed E-state index contributed by atoms with van der Waals surface area (Å²) in [6.45, 7) is 0. The van der Waals surface area contributed by atoms with Crippen LogP contribution in [0.25, 0.3) is 0 Å². The van der Waals surface area contributed by atoms with Crippen molar-refractivity contribution in [3.8, 4) is 0 Å². The molecule has 0 heterocycles. The third kappa shape index (κ3) is 3310. The van der Waals surface area contributed by atoms with Crippen LogP contribution in [-0.2, 0) is 0 Å². The summed E-state index contributed by atoms with van der Waals surface area (Å²) in [5.74, 6) is 0. The first-order valence-electron chi connectivity index (χ1n) is 0.651. The standard InChI is InChI=1S/CH2O3.20H2O/c2-1(3)4;;;;;;;;;;;;;;;;;;;;/h(H2,2,3,4);20*1H2. The van der Waals surface area contributed by atoms with Gasteiger partial charge in [0.25, 0.3) is 0 Å². The second kappa shape index (κ2) is 4160. The lowest BCUT2D eigenvalue weighted by molar-refractivity contribution is 0.137. The smallest absolute Gasteiger partial charge is 0.450 e. The van der Waals surface area contributed by atoms with Crippen LogP contribution in [0, 0.1) is 0 Å². The topological polar surface area (TPSA) is 688 Å². The molecule has 184 valence electrons. The van der Waals surface area contributed by atoms with Crippen LogP contribution in [0.2, 0.25) is 0 Å². The molecule has 0 saturated heterocycles. The van der Waals surface area contributed by atoms with Crippen molar-refractivity contribution in [3.05, 3.63) is 0 Å². The zero-order chi connectivity index (χ0) is 3.58. The molecule has 0 aliphatic carbocycles. The number of hydrogen-bond acceptors (Lipinski definition) is 1. The largest absolute Gasteiger partial charge is 0.503 e. The molecule has 0 aromatic rings. The number of carboxylic acid groups (broad SMARTS) is 2. The Labute approximate surface area is 132 Å². The molecule has 0 amide bonds. The Morgan fingerprint density at radius 3 is 0.292 bits per heavy atom. The highest BCUT2D eigenvalue weighted by atomic mass is 16.6. The molecule has 23 heteroatoms. The van der Waals surface area contributed by atoms with E-state index in [4.69, 9.17) is 15.0 Å². The van der Waals surface area contributed by atoms with Gasteiger partial charge in [-0.15, -0.1) is 0 Å². The molecule has 0 atom stereocenters. The SMILES string of the molecule is O.O.O.O.O.O.O.O.O.O.O.O.O.O.O.O.O.O.O.O.O=C(O)O. The molecule has 24 heavy (non-hydrogen) atoms. The van der Waals surface area contributed by atoms with Crippen molar-refractivity contribution in [2.75, 3.05) is 0 Å². The summed E-state index contributed by atoms with van der Waals surface area (Å²) in [7, 11) is 0. The molecular weight excluding hydrogens is 380 g/mol. The van der Waals surface area contributed by atoms with E-state index in [0.717, 1.165) is 0 Å². The fraction of sp³-hybridized carbons (Fsp3) is 0. The summed E-state index contributed by atoms with van der Waals surface area (Å²) in [4.78, 5) is 8.56. The molecule has 0 aromatic heterocycles. The van der Waals surface area contributed by atoms with E-state index in [1.54, 1.807) is 0 Å². The van der Waals surface area contributed by atoms with E-state index < -0.39 is 6.16 Å². The first-order valence-corrected chi connectivity index (χ1v) is 0.651. The van der Waals surface area contributed by atoms with Crippen LogP contribution in [-0.4, -0.2) is 126 Å². The van der Waals surface area contributed by atoms with Gasteiger partial charge in [-0.25, -0.2) is 4.79 Å². The molecule has 0 aliphatic rings. The third-order valence-corrected chi connectivity index (χ3v) is 0. The van der Waals surface area contributed by atoms with E-state index in [0.29, 0.717) is 0 Å². The Hall–Kier alpha value is -1.53. The van der Waals surface area contributed by atoms with Crippen LogP contribution in [0.5, 0.6) is 0 Å². The monoisotopic (exact) mass is 422 g/mol. The van der Waals surface area contributed by atoms with E-state index in [2.05, 4.69) is 0 Å². The van der Waals surface area contributed by atoms with Gasteiger partial charge in [-0.3, -0.25) is 0 Å². The van der Waals surface area contributed by atoms with Gasteiger partial charge in [0.05, 0.1) is 0 Å². The van der Waals surface area contributed by atoms with Crippen molar-refractivity contribution in [3.63, 3.8) is 0 Å². The van der Waals surface area contributed by atoms with Gasteiger partial charge in [0.2, 0.25) is 0 Å². The Kier molecular flexibility index (Phi) is 831000. The second-order valence-corrected chi connectivity index (χ2v) is 0.283. The Morgan fingerprint density at radius 2 is 0.292 bits per heavy atom. The zero-order valence-electron chi connectivity index (χ0n) is 11.8. The lowest BCUT2D eigenvalue weighted by Crippen LogP contribution is -1.81. The van der Waals surface area contributed by atoms with Crippen molar-refractivity contribution in [1.29, 1.82) is 0 Å². The van der Waals surface area contributed by atoms with Crippen LogP contribution >= 0.6 is 0 Å². The number of carbonyl (C=O) groups is 1. The van der Waals surface area contributed by atoms with Crippen LogP contribution in [0.15, 0.2) is 0 Å². The average molecular weight is 422 g/mol. The van der Waals surface area contributed by atoms with Crippen molar-refractivity contribution in [1.82, 2.24) is 0 Å². The Balaban J connectivity index is -0.000000000237. The zero-order valence-corrected chi connectivity index (χ0v) is 11.8. The van der Waals surface area contributed by atoms with Crippen molar-refractivity contribution in [2.45, 2.75) is 0 Å². The Bertz CT molecular complexity index is 29.0. The van der Waals surface area contributed by atoms with Gasteiger partial charge in [0.1, 0.15) is 0 Å². The van der Waals surface area contributed by atoms with Gasteiger partial charge >= 0.3 is 6.16 Å². The predicted octanol–water partition coefficient (Wildman–Crippen LogP) is -16.3. The molecule has 0 saturated carbocycles. The number of hydrogen-bond donors (Lipinski definition) is 2. The molecule has 0 bridgehead atoms. The van der Waals surface area contributed by atoms with E-state index >= 15 is 0 Å². The maximum atomic E-state index is 8.56. The first kappa shape index (κ1) is 4790. The minimum atomic E-state index is -1.83. The van der Waals surface area contributed by atoms with Gasteiger partial charge in [0, 0.05) is 0 Å². The fourth-order valence-corrected chi connectivity index (χ4v) is 0. The van der Waals surface area contributed by atoms with Crippen LogP contribution in [0.1, 0.15) is 0 Å². The number of rotatable bonds is 0. The molecule has 23 nitrogen and oxygen atoms in total. The lowest BCUT2D eigenvalue weighted by atomic mass is 11.5. The molecule has 42 N–H and O–H groups in total. The minimum Gasteiger partial charge on any atom is -0.450 e. The van der Waals surface area contributed by atoms with Gasteiger partial charge in [-0.1, -0.05) is 0 Å². The summed E-state index contributed by atoms with van der Waals surface area (Å²) < 4.78 is 0. The van der Waals surface area contributed by atoms with Crippen molar-refractivity contribution < 1.29 is 125 Å². The highest BCUT2D eigenvalue weighted by Gasteiger charge is 1.70. The molecule has 0 aromatic carbocycles. The summed E-state index contributed by atoms with van der Waals surface area (Å²) >= 11 is 0. The molecule has 0 rings (SSSR count). The lowest BCUT2D eigenvalue weighted by Gasteiger charge is -1.60. The maximum Gasteiger partial charge on any atom is 0.503 e. The average Bonchev–Trinajstić information content (AvgIpc) is 0.811. The summed E-state index contributed by atoms with van der Waals surface area (Å²) in [5, 5.41) is 13.9. The fourth-order valence-electron chi connectivity index (χ4n) is 0. The normalized spacial score (nSPS) is 1.00. The molecule has 0 aliphatic heterocycles. The Morgan fingerprint density at radius 1 is 0.292 bits per heavy atom. The van der Waals surface area contributed by atoms with Gasteiger partial charge < -0.3 is 120 Å². The van der Waals surface area contributed by atoms with Crippen molar-refractivity contribution in [2.24, 2.45) is 0 Å². The van der Waals surface area contributed by atoms with E-state index in [9.17, 15) is 0 Å². The molecule has 0 radical (unpaired) electrons. The van der Waals surface area contributed by atoms with Crippen LogP contribution in [0.3, 0.4) is 0 Å². The first-order chi connectivity index (χ1) is 1.73. The highest BCUT2D eigenvalue weighted by Crippen LogP contribution is 1.42. The summed E-state index contributed by atoms with van der Waals surface area (Å²) in [5.41, 5.74) is 0. The maximum absolute atomic E-state index is 8.56. The summed E-state index contributed by atoms with van der Waals surface area (Å²) in [6, 6.07) is 0. The molecule has 0 unspecified atom stereocenters. The van der Waals surface area contributed by atoms with Gasteiger partial charge in [-0.2, -0.15) is 0 Å². The van der Waals surface area contributed by atoms with Gasteiger partial charge in [-0.05, 0) is 0 Å². The van der Waals surface area contributed by atoms with Crippen LogP contribution < -0.4 is 0 Å².